The van der Waals surface area contributed by atoms with E-state index in [4.69, 9.17) is 11.6 Å². The van der Waals surface area contributed by atoms with Gasteiger partial charge in [-0.3, -0.25) is 9.59 Å². The summed E-state index contributed by atoms with van der Waals surface area (Å²) < 4.78 is 30.6. The molecule has 2 aliphatic rings. The highest BCUT2D eigenvalue weighted by Crippen LogP contribution is 2.38. The van der Waals surface area contributed by atoms with Crippen LogP contribution in [-0.2, 0) is 29.1 Å². The number of hydrogen-bond donors (Lipinski definition) is 1. The molecule has 1 fully saturated rings. The molecule has 0 radical (unpaired) electrons. The van der Waals surface area contributed by atoms with Crippen LogP contribution in [0.1, 0.15) is 36.1 Å². The summed E-state index contributed by atoms with van der Waals surface area (Å²) in [4.78, 5) is 27.6. The highest BCUT2D eigenvalue weighted by atomic mass is 35.5. The van der Waals surface area contributed by atoms with Gasteiger partial charge in [-0.05, 0) is 37.0 Å². The number of amides is 2. The first-order chi connectivity index (χ1) is 16.8. The maximum atomic E-state index is 14.4. The number of hydrogen-bond acceptors (Lipinski definition) is 2. The minimum absolute atomic E-state index is 0.0164. The highest BCUT2D eigenvalue weighted by Gasteiger charge is 2.40. The summed E-state index contributed by atoms with van der Waals surface area (Å²) in [6.07, 6.45) is 1.32. The fourth-order valence-corrected chi connectivity index (χ4v) is 5.50. The second kappa shape index (κ2) is 9.46. The molecule has 2 aromatic carbocycles. The van der Waals surface area contributed by atoms with E-state index in [9.17, 15) is 18.4 Å². The molecule has 0 bridgehead atoms. The summed E-state index contributed by atoms with van der Waals surface area (Å²) in [5.74, 6) is -1.44. The molecule has 1 N–H and O–H groups in total. The molecule has 0 unspecified atom stereocenters. The Kier molecular flexibility index (Phi) is 6.36. The Balaban J connectivity index is 1.36. The summed E-state index contributed by atoms with van der Waals surface area (Å²) in [6, 6.07) is 11.5. The lowest BCUT2D eigenvalue weighted by Crippen LogP contribution is -2.46. The first-order valence-corrected chi connectivity index (χ1v) is 12.1. The van der Waals surface area contributed by atoms with Crippen molar-refractivity contribution in [3.05, 3.63) is 76.7 Å². The number of carbonyl (C=O) groups excluding carboxylic acids is 2. The normalized spacial score (nSPS) is 19.7. The fourth-order valence-electron chi connectivity index (χ4n) is 5.31. The van der Waals surface area contributed by atoms with E-state index in [-0.39, 0.29) is 42.5 Å². The van der Waals surface area contributed by atoms with Crippen LogP contribution in [0.15, 0.2) is 49.0 Å². The van der Waals surface area contributed by atoms with Crippen LogP contribution in [0, 0.1) is 5.82 Å². The smallest absolute Gasteiger partial charge is 0.243 e. The Morgan fingerprint density at radius 2 is 1.94 bits per heavy atom. The number of carbonyl (C=O) groups is 2. The molecule has 2 heterocycles. The molecule has 8 heteroatoms. The van der Waals surface area contributed by atoms with Gasteiger partial charge in [0.1, 0.15) is 24.6 Å². The Morgan fingerprint density at radius 1 is 1.14 bits per heavy atom. The Labute approximate surface area is 207 Å². The van der Waals surface area contributed by atoms with E-state index in [1.54, 1.807) is 6.07 Å². The van der Waals surface area contributed by atoms with E-state index in [0.29, 0.717) is 0 Å². The van der Waals surface area contributed by atoms with Gasteiger partial charge < -0.3 is 14.8 Å². The largest absolute Gasteiger partial charge is 0.350 e. The van der Waals surface area contributed by atoms with Gasteiger partial charge in [0.2, 0.25) is 11.8 Å². The van der Waals surface area contributed by atoms with Crippen molar-refractivity contribution in [1.29, 1.82) is 0 Å². The van der Waals surface area contributed by atoms with Crippen molar-refractivity contribution >= 4 is 39.9 Å². The molecule has 3 aromatic rings. The first kappa shape index (κ1) is 23.5. The average Bonchev–Trinajstić information content (AvgIpc) is 3.39. The van der Waals surface area contributed by atoms with Crippen molar-refractivity contribution in [2.75, 3.05) is 6.54 Å². The summed E-state index contributed by atoms with van der Waals surface area (Å²) in [5, 5.41) is 3.66. The molecule has 0 saturated carbocycles. The molecule has 5 nitrogen and oxygen atoms in total. The van der Waals surface area contributed by atoms with Crippen molar-refractivity contribution < 1.29 is 18.4 Å². The van der Waals surface area contributed by atoms with E-state index < -0.39 is 23.9 Å². The number of halogens is 3. The van der Waals surface area contributed by atoms with Crippen molar-refractivity contribution in [2.45, 2.75) is 51.0 Å². The standard InChI is InChI=1S/C27H26ClF2N3O2/c1-16-6-4-11-22-25(16)19-8-2-3-10-21(19)32(22)15-24(34)33-14-18(29)12-23(33)27(35)31-13-17-7-5-9-20(28)26(17)30/h2-3,5,7-10,18,23H,1,4,6,11-15H2,(H,31,35)/t18-,23+/m1/s1. The third-order valence-corrected chi connectivity index (χ3v) is 7.27. The van der Waals surface area contributed by atoms with Crippen LogP contribution in [0.2, 0.25) is 5.02 Å². The van der Waals surface area contributed by atoms with Gasteiger partial charge in [0, 0.05) is 40.7 Å². The number of aromatic nitrogens is 1. The molecule has 1 aliphatic heterocycles. The molecule has 1 aromatic heterocycles. The van der Waals surface area contributed by atoms with Crippen molar-refractivity contribution in [3.8, 4) is 0 Å². The first-order valence-electron chi connectivity index (χ1n) is 11.8. The van der Waals surface area contributed by atoms with Crippen molar-refractivity contribution in [1.82, 2.24) is 14.8 Å². The molecule has 1 aliphatic carbocycles. The maximum absolute atomic E-state index is 14.4. The van der Waals surface area contributed by atoms with Gasteiger partial charge in [-0.2, -0.15) is 0 Å². The van der Waals surface area contributed by atoms with Gasteiger partial charge in [0.05, 0.1) is 11.6 Å². The highest BCUT2D eigenvalue weighted by molar-refractivity contribution is 6.30. The molecule has 2 amide bonds. The lowest BCUT2D eigenvalue weighted by atomic mass is 9.91. The van der Waals surface area contributed by atoms with Crippen LogP contribution < -0.4 is 5.32 Å². The zero-order valence-electron chi connectivity index (χ0n) is 19.2. The van der Waals surface area contributed by atoms with Gasteiger partial charge in [0.25, 0.3) is 0 Å². The minimum atomic E-state index is -1.30. The van der Waals surface area contributed by atoms with Gasteiger partial charge in [-0.25, -0.2) is 8.78 Å². The van der Waals surface area contributed by atoms with Crippen LogP contribution in [0.25, 0.3) is 16.5 Å². The van der Waals surface area contributed by atoms with E-state index in [2.05, 4.69) is 11.9 Å². The SMILES string of the molecule is C=C1CCCc2c1c1ccccc1n2CC(=O)N1C[C@H](F)C[C@H]1C(=O)NCc1cccc(Cl)c1F. The Morgan fingerprint density at radius 3 is 2.77 bits per heavy atom. The topological polar surface area (TPSA) is 54.3 Å². The Hall–Kier alpha value is -3.19. The van der Waals surface area contributed by atoms with Gasteiger partial charge >= 0.3 is 0 Å². The Bertz CT molecular complexity index is 1340. The van der Waals surface area contributed by atoms with Gasteiger partial charge in [-0.1, -0.05) is 48.5 Å². The quantitative estimate of drug-likeness (QED) is 0.537. The van der Waals surface area contributed by atoms with Gasteiger partial charge in [-0.15, -0.1) is 0 Å². The second-order valence-corrected chi connectivity index (χ2v) is 9.61. The number of rotatable bonds is 5. The minimum Gasteiger partial charge on any atom is -0.350 e. The summed E-state index contributed by atoms with van der Waals surface area (Å²) in [7, 11) is 0. The van der Waals surface area contributed by atoms with E-state index in [0.717, 1.165) is 47.0 Å². The van der Waals surface area contributed by atoms with Crippen molar-refractivity contribution in [3.63, 3.8) is 0 Å². The lowest BCUT2D eigenvalue weighted by molar-refractivity contribution is -0.139. The molecule has 35 heavy (non-hydrogen) atoms. The van der Waals surface area contributed by atoms with Crippen LogP contribution in [-0.4, -0.2) is 40.0 Å². The van der Waals surface area contributed by atoms with Crippen LogP contribution in [0.5, 0.6) is 0 Å². The molecular formula is C27H26ClF2N3O2. The third kappa shape index (κ3) is 4.33. The van der Waals surface area contributed by atoms with E-state index >= 15 is 0 Å². The number of likely N-dealkylation sites (tertiary alicyclic amines) is 1. The molecular weight excluding hydrogens is 472 g/mol. The predicted octanol–water partition coefficient (Wildman–Crippen LogP) is 5.04. The van der Waals surface area contributed by atoms with Crippen LogP contribution in [0.3, 0.4) is 0 Å². The predicted molar refractivity (Wildman–Crippen MR) is 132 cm³/mol. The molecule has 5 rings (SSSR count). The molecule has 2 atom stereocenters. The number of alkyl halides is 1. The maximum Gasteiger partial charge on any atom is 0.243 e. The number of para-hydroxylation sites is 1. The number of fused-ring (bicyclic) bond motifs is 3. The number of allylic oxidation sites excluding steroid dienone is 1. The summed E-state index contributed by atoms with van der Waals surface area (Å²) >= 11 is 5.81. The van der Waals surface area contributed by atoms with Crippen molar-refractivity contribution in [2.24, 2.45) is 0 Å². The fraction of sp³-hybridized carbons (Fsp3) is 0.333. The molecule has 0 spiro atoms. The molecule has 182 valence electrons. The number of benzene rings is 2. The summed E-state index contributed by atoms with van der Waals surface area (Å²) in [5.41, 5.74) is 4.38. The van der Waals surface area contributed by atoms with Crippen LogP contribution in [0.4, 0.5) is 8.78 Å². The lowest BCUT2D eigenvalue weighted by Gasteiger charge is -2.25. The zero-order valence-corrected chi connectivity index (χ0v) is 20.0. The monoisotopic (exact) mass is 497 g/mol. The summed E-state index contributed by atoms with van der Waals surface area (Å²) in [6.45, 7) is 4.01. The zero-order chi connectivity index (χ0) is 24.7. The second-order valence-electron chi connectivity index (χ2n) is 9.21. The van der Waals surface area contributed by atoms with E-state index in [1.807, 2.05) is 28.8 Å². The van der Waals surface area contributed by atoms with Gasteiger partial charge in [0.15, 0.2) is 0 Å². The molecule has 1 saturated heterocycles. The number of nitrogens with one attached hydrogen (secondary N) is 1. The van der Waals surface area contributed by atoms with E-state index in [1.165, 1.54) is 17.0 Å². The number of nitrogens with zero attached hydrogens (tertiary/aromatic N) is 2. The average molecular weight is 498 g/mol. The third-order valence-electron chi connectivity index (χ3n) is 6.98. The van der Waals surface area contributed by atoms with Crippen LogP contribution >= 0.6 is 11.6 Å².